The fourth-order valence-electron chi connectivity index (χ4n) is 2.73. The Morgan fingerprint density at radius 1 is 1.18 bits per heavy atom. The standard InChI is InChI=1S/C16H21N3O2S/c20-11-14-12-22-16(17-14)19-7-6-18(9-15(21)10-19)8-13-4-2-1-3-5-13/h1-5,12,15,20-21H,6-11H2/t15-/m1/s1. The van der Waals surface area contributed by atoms with Gasteiger partial charge in [-0.25, -0.2) is 4.98 Å². The van der Waals surface area contributed by atoms with E-state index in [-0.39, 0.29) is 6.61 Å². The normalized spacial score (nSPS) is 20.1. The van der Waals surface area contributed by atoms with Crippen molar-refractivity contribution in [1.29, 1.82) is 0 Å². The molecule has 0 aliphatic carbocycles. The zero-order valence-electron chi connectivity index (χ0n) is 12.4. The summed E-state index contributed by atoms with van der Waals surface area (Å²) in [6.45, 7) is 3.80. The van der Waals surface area contributed by atoms with Crippen molar-refractivity contribution < 1.29 is 10.2 Å². The molecule has 1 aromatic carbocycles. The van der Waals surface area contributed by atoms with Crippen LogP contribution in [0.2, 0.25) is 0 Å². The van der Waals surface area contributed by atoms with Crippen molar-refractivity contribution in [1.82, 2.24) is 9.88 Å². The van der Waals surface area contributed by atoms with Crippen molar-refractivity contribution in [2.24, 2.45) is 0 Å². The molecule has 1 atom stereocenters. The molecule has 0 radical (unpaired) electrons. The second-order valence-electron chi connectivity index (χ2n) is 5.60. The number of rotatable bonds is 4. The van der Waals surface area contributed by atoms with Gasteiger partial charge in [0.05, 0.1) is 18.4 Å². The number of benzene rings is 1. The fraction of sp³-hybridized carbons (Fsp3) is 0.438. The van der Waals surface area contributed by atoms with E-state index in [1.807, 2.05) is 23.6 Å². The van der Waals surface area contributed by atoms with Crippen LogP contribution >= 0.6 is 11.3 Å². The third-order valence-corrected chi connectivity index (χ3v) is 4.76. The SMILES string of the molecule is OCc1csc(N2CCN(Cc3ccccc3)C[C@@H](O)C2)n1. The highest BCUT2D eigenvalue weighted by molar-refractivity contribution is 7.13. The molecule has 3 rings (SSSR count). The van der Waals surface area contributed by atoms with E-state index in [1.54, 1.807) is 0 Å². The minimum atomic E-state index is -0.396. The number of β-amino-alcohol motifs (C(OH)–C–C–N with tert-alkyl or cyclic N) is 1. The van der Waals surface area contributed by atoms with Crippen molar-refractivity contribution in [3.63, 3.8) is 0 Å². The number of aromatic nitrogens is 1. The molecule has 1 saturated heterocycles. The molecule has 1 aliphatic rings. The first-order valence-electron chi connectivity index (χ1n) is 7.49. The number of aliphatic hydroxyl groups is 2. The topological polar surface area (TPSA) is 59.8 Å². The highest BCUT2D eigenvalue weighted by Crippen LogP contribution is 2.22. The van der Waals surface area contributed by atoms with Crippen LogP contribution in [0, 0.1) is 0 Å². The maximum Gasteiger partial charge on any atom is 0.185 e. The Balaban J connectivity index is 1.65. The molecule has 2 N–H and O–H groups in total. The number of nitrogens with zero attached hydrogens (tertiary/aromatic N) is 3. The molecule has 0 bridgehead atoms. The van der Waals surface area contributed by atoms with Crippen molar-refractivity contribution in [3.05, 3.63) is 47.0 Å². The monoisotopic (exact) mass is 319 g/mol. The molecule has 0 unspecified atom stereocenters. The largest absolute Gasteiger partial charge is 0.390 e. The van der Waals surface area contributed by atoms with E-state index >= 15 is 0 Å². The minimum Gasteiger partial charge on any atom is -0.390 e. The number of anilines is 1. The molecule has 6 heteroatoms. The lowest BCUT2D eigenvalue weighted by Crippen LogP contribution is -2.33. The van der Waals surface area contributed by atoms with Gasteiger partial charge in [0, 0.05) is 38.1 Å². The van der Waals surface area contributed by atoms with E-state index < -0.39 is 6.10 Å². The predicted molar refractivity (Wildman–Crippen MR) is 88.0 cm³/mol. The van der Waals surface area contributed by atoms with Crippen LogP contribution in [0.5, 0.6) is 0 Å². The molecule has 2 aromatic rings. The van der Waals surface area contributed by atoms with Gasteiger partial charge in [0.15, 0.2) is 5.13 Å². The number of aliphatic hydroxyl groups excluding tert-OH is 2. The molecule has 22 heavy (non-hydrogen) atoms. The maximum atomic E-state index is 10.3. The van der Waals surface area contributed by atoms with Crippen molar-refractivity contribution in [2.75, 3.05) is 31.1 Å². The lowest BCUT2D eigenvalue weighted by molar-refractivity contribution is 0.129. The number of hydrogen-bond acceptors (Lipinski definition) is 6. The quantitative estimate of drug-likeness (QED) is 0.890. The van der Waals surface area contributed by atoms with Crippen LogP contribution in [0.15, 0.2) is 35.7 Å². The summed E-state index contributed by atoms with van der Waals surface area (Å²) in [5, 5.41) is 22.2. The molecular formula is C16H21N3O2S. The molecule has 1 aliphatic heterocycles. The van der Waals surface area contributed by atoms with Gasteiger partial charge in [-0.1, -0.05) is 30.3 Å². The highest BCUT2D eigenvalue weighted by atomic mass is 32.1. The van der Waals surface area contributed by atoms with E-state index in [1.165, 1.54) is 16.9 Å². The van der Waals surface area contributed by atoms with Gasteiger partial charge in [-0.05, 0) is 5.56 Å². The molecule has 2 heterocycles. The van der Waals surface area contributed by atoms with Crippen molar-refractivity contribution >= 4 is 16.5 Å². The van der Waals surface area contributed by atoms with Crippen LogP contribution in [0.1, 0.15) is 11.3 Å². The first kappa shape index (κ1) is 15.4. The van der Waals surface area contributed by atoms with Crippen LogP contribution in [-0.4, -0.2) is 52.4 Å². The minimum absolute atomic E-state index is 0.0347. The van der Waals surface area contributed by atoms with Crippen LogP contribution in [0.4, 0.5) is 5.13 Å². The summed E-state index contributed by atoms with van der Waals surface area (Å²) < 4.78 is 0. The first-order chi connectivity index (χ1) is 10.7. The zero-order chi connectivity index (χ0) is 15.4. The Morgan fingerprint density at radius 3 is 2.73 bits per heavy atom. The molecule has 1 aromatic heterocycles. The Bertz CT molecular complexity index is 590. The summed E-state index contributed by atoms with van der Waals surface area (Å²) in [7, 11) is 0. The van der Waals surface area contributed by atoms with Gasteiger partial charge in [0.2, 0.25) is 0 Å². The fourth-order valence-corrected chi connectivity index (χ4v) is 3.58. The molecule has 1 fully saturated rings. The number of hydrogen-bond donors (Lipinski definition) is 2. The molecule has 0 spiro atoms. The molecule has 118 valence electrons. The van der Waals surface area contributed by atoms with Crippen molar-refractivity contribution in [3.8, 4) is 0 Å². The third-order valence-electron chi connectivity index (χ3n) is 3.81. The summed E-state index contributed by atoms with van der Waals surface area (Å²) in [6, 6.07) is 10.3. The zero-order valence-corrected chi connectivity index (χ0v) is 13.2. The Morgan fingerprint density at radius 2 is 2.00 bits per heavy atom. The van der Waals surface area contributed by atoms with E-state index in [0.29, 0.717) is 18.8 Å². The summed E-state index contributed by atoms with van der Waals surface area (Å²) in [6.07, 6.45) is -0.396. The lowest BCUT2D eigenvalue weighted by Gasteiger charge is -2.21. The predicted octanol–water partition coefficient (Wildman–Crippen LogP) is 1.32. The molecule has 0 amide bonds. The van der Waals surface area contributed by atoms with Gasteiger partial charge in [0.25, 0.3) is 0 Å². The second-order valence-corrected chi connectivity index (χ2v) is 6.44. The van der Waals surface area contributed by atoms with Gasteiger partial charge in [-0.3, -0.25) is 4.90 Å². The average Bonchev–Trinajstić information content (AvgIpc) is 2.93. The van der Waals surface area contributed by atoms with Gasteiger partial charge in [-0.2, -0.15) is 0 Å². The molecule has 0 saturated carbocycles. The second kappa shape index (κ2) is 7.19. The highest BCUT2D eigenvalue weighted by Gasteiger charge is 2.23. The van der Waals surface area contributed by atoms with Crippen LogP contribution in [0.25, 0.3) is 0 Å². The van der Waals surface area contributed by atoms with Gasteiger partial charge in [0.1, 0.15) is 0 Å². The smallest absolute Gasteiger partial charge is 0.185 e. The Labute approximate surface area is 134 Å². The third kappa shape index (κ3) is 3.84. The summed E-state index contributed by atoms with van der Waals surface area (Å²) in [5.41, 5.74) is 1.96. The summed E-state index contributed by atoms with van der Waals surface area (Å²) >= 11 is 1.52. The van der Waals surface area contributed by atoms with E-state index in [9.17, 15) is 5.11 Å². The van der Waals surface area contributed by atoms with Gasteiger partial charge >= 0.3 is 0 Å². The van der Waals surface area contributed by atoms with Crippen LogP contribution in [-0.2, 0) is 13.2 Å². The summed E-state index contributed by atoms with van der Waals surface area (Å²) in [4.78, 5) is 8.79. The van der Waals surface area contributed by atoms with Gasteiger partial charge in [-0.15, -0.1) is 11.3 Å². The lowest BCUT2D eigenvalue weighted by atomic mass is 10.2. The van der Waals surface area contributed by atoms with Crippen molar-refractivity contribution in [2.45, 2.75) is 19.3 Å². The molecular weight excluding hydrogens is 298 g/mol. The summed E-state index contributed by atoms with van der Waals surface area (Å²) in [5.74, 6) is 0. The van der Waals surface area contributed by atoms with E-state index in [4.69, 9.17) is 5.11 Å². The van der Waals surface area contributed by atoms with Crippen LogP contribution in [0.3, 0.4) is 0 Å². The maximum absolute atomic E-state index is 10.3. The Kier molecular flexibility index (Phi) is 5.04. The molecule has 5 nitrogen and oxygen atoms in total. The van der Waals surface area contributed by atoms with Gasteiger partial charge < -0.3 is 15.1 Å². The Hall–Kier alpha value is -1.47. The van der Waals surface area contributed by atoms with E-state index in [0.717, 1.165) is 24.8 Å². The average molecular weight is 319 g/mol. The van der Waals surface area contributed by atoms with Crippen LogP contribution < -0.4 is 4.90 Å². The van der Waals surface area contributed by atoms with E-state index in [2.05, 4.69) is 26.9 Å². The number of thiazole rings is 1. The first-order valence-corrected chi connectivity index (χ1v) is 8.37.